The lowest BCUT2D eigenvalue weighted by atomic mass is 10.2. The normalized spacial score (nSPS) is 10.6. The van der Waals surface area contributed by atoms with Crippen molar-refractivity contribution in [3.05, 3.63) is 47.9 Å². The van der Waals surface area contributed by atoms with E-state index in [0.717, 1.165) is 6.07 Å². The van der Waals surface area contributed by atoms with Crippen molar-refractivity contribution >= 4 is 5.97 Å². The molecule has 0 fully saturated rings. The number of aromatic nitrogens is 2. The predicted molar refractivity (Wildman–Crippen MR) is 102 cm³/mol. The highest BCUT2D eigenvalue weighted by Gasteiger charge is 2.18. The van der Waals surface area contributed by atoms with Gasteiger partial charge in [0.2, 0.25) is 11.6 Å². The maximum absolute atomic E-state index is 12.3. The zero-order chi connectivity index (χ0) is 22.4. The van der Waals surface area contributed by atoms with Crippen LogP contribution in [0, 0.1) is 0 Å². The van der Waals surface area contributed by atoms with Gasteiger partial charge in [-0.2, -0.15) is 8.78 Å². The van der Waals surface area contributed by atoms with Gasteiger partial charge in [-0.25, -0.2) is 4.79 Å². The Hall–Kier alpha value is -3.89. The molecule has 3 aromatic rings. The molecule has 0 aliphatic rings. The lowest BCUT2D eigenvalue weighted by Gasteiger charge is -2.12. The number of alkyl halides is 2. The summed E-state index contributed by atoms with van der Waals surface area (Å²) in [6.45, 7) is -3.32. The molecular formula is C20H18F2N2O7. The minimum atomic E-state index is -3.00. The van der Waals surface area contributed by atoms with E-state index in [2.05, 4.69) is 14.9 Å². The van der Waals surface area contributed by atoms with Gasteiger partial charge in [-0.15, -0.1) is 10.2 Å². The second-order valence-electron chi connectivity index (χ2n) is 5.90. The predicted octanol–water partition coefficient (Wildman–Crippen LogP) is 3.72. The molecule has 0 saturated heterocycles. The summed E-state index contributed by atoms with van der Waals surface area (Å²) in [5.41, 5.74) is 0.527. The van der Waals surface area contributed by atoms with Crippen molar-refractivity contribution in [2.24, 2.45) is 0 Å². The fourth-order valence-electron chi connectivity index (χ4n) is 2.64. The lowest BCUT2D eigenvalue weighted by molar-refractivity contribution is -0.0499. The number of nitrogens with zero attached hydrogens (tertiary/aromatic N) is 2. The van der Waals surface area contributed by atoms with Crippen molar-refractivity contribution in [1.82, 2.24) is 10.2 Å². The number of ether oxygens (including phenoxy) is 5. The van der Waals surface area contributed by atoms with Crippen LogP contribution >= 0.6 is 0 Å². The summed E-state index contributed by atoms with van der Waals surface area (Å²) in [6.07, 6.45) is 0. The molecule has 0 N–H and O–H groups in total. The first-order chi connectivity index (χ1) is 14.9. The van der Waals surface area contributed by atoms with E-state index < -0.39 is 12.6 Å². The van der Waals surface area contributed by atoms with E-state index in [9.17, 15) is 13.6 Å². The Morgan fingerprint density at radius 3 is 2.35 bits per heavy atom. The summed E-state index contributed by atoms with van der Waals surface area (Å²) in [5, 5.41) is 7.77. The SMILES string of the molecule is COc1cc(-c2nnc(COC(=O)c3cccc(OC(F)F)c3)o2)cc(OC)c1OC. The van der Waals surface area contributed by atoms with Crippen molar-refractivity contribution in [2.75, 3.05) is 21.3 Å². The van der Waals surface area contributed by atoms with Crippen LogP contribution < -0.4 is 18.9 Å². The molecule has 31 heavy (non-hydrogen) atoms. The summed E-state index contributed by atoms with van der Waals surface area (Å²) in [5.74, 6) is 0.428. The molecule has 0 saturated carbocycles. The quantitative estimate of drug-likeness (QED) is 0.464. The van der Waals surface area contributed by atoms with Crippen LogP contribution in [0.1, 0.15) is 16.2 Å². The zero-order valence-corrected chi connectivity index (χ0v) is 16.8. The second kappa shape index (κ2) is 9.74. The lowest BCUT2D eigenvalue weighted by Crippen LogP contribution is -2.07. The molecule has 0 amide bonds. The van der Waals surface area contributed by atoms with Crippen LogP contribution in [0.5, 0.6) is 23.0 Å². The Balaban J connectivity index is 1.71. The average Bonchev–Trinajstić information content (AvgIpc) is 3.25. The van der Waals surface area contributed by atoms with Gasteiger partial charge in [0.1, 0.15) is 5.75 Å². The smallest absolute Gasteiger partial charge is 0.387 e. The Labute approximate surface area is 175 Å². The van der Waals surface area contributed by atoms with E-state index in [1.165, 1.54) is 39.5 Å². The highest BCUT2D eigenvalue weighted by Crippen LogP contribution is 2.40. The van der Waals surface area contributed by atoms with E-state index >= 15 is 0 Å². The number of carbonyl (C=O) groups is 1. The Morgan fingerprint density at radius 1 is 1.03 bits per heavy atom. The number of esters is 1. The van der Waals surface area contributed by atoms with Crippen LogP contribution in [0.4, 0.5) is 8.78 Å². The van der Waals surface area contributed by atoms with Crippen LogP contribution in [0.3, 0.4) is 0 Å². The minimum absolute atomic E-state index is 0.0251. The van der Waals surface area contributed by atoms with Gasteiger partial charge in [0, 0.05) is 5.56 Å². The molecule has 1 heterocycles. The second-order valence-corrected chi connectivity index (χ2v) is 5.90. The maximum atomic E-state index is 12.3. The first kappa shape index (κ1) is 21.8. The molecule has 2 aromatic carbocycles. The van der Waals surface area contributed by atoms with E-state index in [0.29, 0.717) is 22.8 Å². The summed E-state index contributed by atoms with van der Waals surface area (Å²) < 4.78 is 55.4. The molecule has 0 unspecified atom stereocenters. The Kier molecular flexibility index (Phi) is 6.85. The number of benzene rings is 2. The molecule has 9 nitrogen and oxygen atoms in total. The van der Waals surface area contributed by atoms with Crippen LogP contribution in [-0.2, 0) is 11.3 Å². The van der Waals surface area contributed by atoms with E-state index in [4.69, 9.17) is 23.4 Å². The van der Waals surface area contributed by atoms with Gasteiger partial charge in [-0.1, -0.05) is 6.07 Å². The highest BCUT2D eigenvalue weighted by atomic mass is 19.3. The molecule has 0 bridgehead atoms. The van der Waals surface area contributed by atoms with Gasteiger partial charge in [-0.05, 0) is 30.3 Å². The van der Waals surface area contributed by atoms with E-state index in [1.54, 1.807) is 12.1 Å². The fraction of sp³-hybridized carbons (Fsp3) is 0.250. The van der Waals surface area contributed by atoms with Crippen molar-refractivity contribution in [3.8, 4) is 34.5 Å². The largest absolute Gasteiger partial charge is 0.493 e. The first-order valence-corrected chi connectivity index (χ1v) is 8.80. The summed E-state index contributed by atoms with van der Waals surface area (Å²) in [7, 11) is 4.43. The van der Waals surface area contributed by atoms with Crippen LogP contribution in [-0.4, -0.2) is 44.1 Å². The van der Waals surface area contributed by atoms with Gasteiger partial charge in [-0.3, -0.25) is 0 Å². The van der Waals surface area contributed by atoms with Crippen molar-refractivity contribution in [3.63, 3.8) is 0 Å². The summed E-state index contributed by atoms with van der Waals surface area (Å²) in [4.78, 5) is 12.2. The standard InChI is InChI=1S/C20H18F2N2O7/c1-26-14-8-12(9-15(27-2)17(14)28-3)18-24-23-16(31-18)10-29-19(25)11-5-4-6-13(7-11)30-20(21)22/h4-9,20H,10H2,1-3H3. The Bertz CT molecular complexity index is 1030. The number of carbonyl (C=O) groups excluding carboxylic acids is 1. The van der Waals surface area contributed by atoms with Crippen LogP contribution in [0.15, 0.2) is 40.8 Å². The van der Waals surface area contributed by atoms with Gasteiger partial charge >= 0.3 is 12.6 Å². The van der Waals surface area contributed by atoms with Gasteiger partial charge in [0.25, 0.3) is 5.89 Å². The molecule has 0 spiro atoms. The van der Waals surface area contributed by atoms with Crippen molar-refractivity contribution in [1.29, 1.82) is 0 Å². The molecular weight excluding hydrogens is 418 g/mol. The molecule has 1 aromatic heterocycles. The number of hydrogen-bond acceptors (Lipinski definition) is 9. The highest BCUT2D eigenvalue weighted by molar-refractivity contribution is 5.89. The summed E-state index contributed by atoms with van der Waals surface area (Å²) >= 11 is 0. The first-order valence-electron chi connectivity index (χ1n) is 8.80. The molecule has 11 heteroatoms. The van der Waals surface area contributed by atoms with Gasteiger partial charge in [0.05, 0.1) is 26.9 Å². The van der Waals surface area contributed by atoms with Crippen LogP contribution in [0.25, 0.3) is 11.5 Å². The topological polar surface area (TPSA) is 102 Å². The van der Waals surface area contributed by atoms with Crippen molar-refractivity contribution in [2.45, 2.75) is 13.2 Å². The Morgan fingerprint density at radius 2 is 1.74 bits per heavy atom. The van der Waals surface area contributed by atoms with Crippen LogP contribution in [0.2, 0.25) is 0 Å². The third-order valence-corrected chi connectivity index (χ3v) is 4.00. The van der Waals surface area contributed by atoms with E-state index in [1.807, 2.05) is 0 Å². The molecule has 0 atom stereocenters. The fourth-order valence-corrected chi connectivity index (χ4v) is 2.64. The number of hydrogen-bond donors (Lipinski definition) is 0. The van der Waals surface area contributed by atoms with E-state index in [-0.39, 0.29) is 29.7 Å². The number of halogens is 2. The van der Waals surface area contributed by atoms with Gasteiger partial charge in [0.15, 0.2) is 18.1 Å². The molecule has 3 rings (SSSR count). The average molecular weight is 436 g/mol. The van der Waals surface area contributed by atoms with Crippen molar-refractivity contribution < 1.29 is 41.7 Å². The number of methoxy groups -OCH3 is 3. The zero-order valence-electron chi connectivity index (χ0n) is 16.8. The molecule has 0 aliphatic heterocycles. The third-order valence-electron chi connectivity index (χ3n) is 4.00. The monoisotopic (exact) mass is 436 g/mol. The summed E-state index contributed by atoms with van der Waals surface area (Å²) in [6, 6.07) is 8.48. The molecule has 0 radical (unpaired) electrons. The molecule has 0 aliphatic carbocycles. The minimum Gasteiger partial charge on any atom is -0.493 e. The molecule has 164 valence electrons. The maximum Gasteiger partial charge on any atom is 0.387 e. The van der Waals surface area contributed by atoms with Gasteiger partial charge < -0.3 is 28.1 Å². The number of rotatable bonds is 9. The third kappa shape index (κ3) is 5.18.